The zero-order chi connectivity index (χ0) is 17.8. The first-order chi connectivity index (χ1) is 12.0. The molecule has 2 aromatic heterocycles. The molecule has 5 heteroatoms. The number of carbonyl (C=O) groups excluding carboxylic acids is 1. The number of hydrogen-bond acceptors (Lipinski definition) is 3. The molecule has 2 N–H and O–H groups in total. The van der Waals surface area contributed by atoms with Gasteiger partial charge in [-0.3, -0.25) is 15.1 Å². The van der Waals surface area contributed by atoms with Gasteiger partial charge in [-0.15, -0.1) is 0 Å². The van der Waals surface area contributed by atoms with Crippen molar-refractivity contribution in [3.05, 3.63) is 71.1 Å². The van der Waals surface area contributed by atoms with Crippen LogP contribution in [0.4, 0.5) is 5.95 Å². The molecule has 3 aromatic rings. The third-order valence-corrected chi connectivity index (χ3v) is 3.89. The molecule has 0 spiro atoms. The van der Waals surface area contributed by atoms with Crippen LogP contribution in [0.25, 0.3) is 17.5 Å². The molecule has 2 heterocycles. The predicted octanol–water partition coefficient (Wildman–Crippen LogP) is 4.05. The second-order valence-corrected chi connectivity index (χ2v) is 5.98. The number of nitrogens with zero attached hydrogens (tertiary/aromatic N) is 2. The molecule has 0 aliphatic rings. The summed E-state index contributed by atoms with van der Waals surface area (Å²) in [5.41, 5.74) is 6.02. The predicted molar refractivity (Wildman–Crippen MR) is 100 cm³/mol. The molecule has 1 amide bonds. The average molecular weight is 332 g/mol. The minimum atomic E-state index is -0.235. The summed E-state index contributed by atoms with van der Waals surface area (Å²) in [5, 5.41) is 2.73. The van der Waals surface area contributed by atoms with Crippen LogP contribution >= 0.6 is 0 Å². The van der Waals surface area contributed by atoms with Gasteiger partial charge in [0.1, 0.15) is 5.69 Å². The molecule has 0 aliphatic carbocycles. The highest BCUT2D eigenvalue weighted by Crippen LogP contribution is 2.18. The number of pyridine rings is 1. The zero-order valence-corrected chi connectivity index (χ0v) is 14.5. The van der Waals surface area contributed by atoms with E-state index in [2.05, 4.69) is 39.3 Å². The fourth-order valence-corrected chi connectivity index (χ4v) is 2.80. The van der Waals surface area contributed by atoms with Crippen LogP contribution in [0.1, 0.15) is 22.3 Å². The molecule has 1 aromatic carbocycles. The fourth-order valence-electron chi connectivity index (χ4n) is 2.80. The molecular weight excluding hydrogens is 312 g/mol. The van der Waals surface area contributed by atoms with Crippen molar-refractivity contribution in [3.8, 4) is 11.4 Å². The molecule has 0 bridgehead atoms. The number of aromatic amines is 1. The third-order valence-electron chi connectivity index (χ3n) is 3.89. The lowest BCUT2D eigenvalue weighted by atomic mass is 9.99. The lowest BCUT2D eigenvalue weighted by molar-refractivity contribution is -0.111. The van der Waals surface area contributed by atoms with E-state index in [4.69, 9.17) is 0 Å². The number of carbonyl (C=O) groups is 1. The molecule has 0 aliphatic heterocycles. The molecule has 126 valence electrons. The van der Waals surface area contributed by atoms with Gasteiger partial charge in [-0.05, 0) is 55.7 Å². The van der Waals surface area contributed by atoms with E-state index in [1.165, 1.54) is 11.6 Å². The van der Waals surface area contributed by atoms with Gasteiger partial charge in [0.2, 0.25) is 5.95 Å². The number of anilines is 1. The molecule has 0 atom stereocenters. The summed E-state index contributed by atoms with van der Waals surface area (Å²) < 4.78 is 0. The van der Waals surface area contributed by atoms with Gasteiger partial charge in [-0.2, -0.15) is 0 Å². The number of amides is 1. The Bertz CT molecular complexity index is 903. The Balaban J connectivity index is 1.70. The maximum atomic E-state index is 12.1. The Labute approximate surface area is 146 Å². The van der Waals surface area contributed by atoms with E-state index in [0.717, 1.165) is 22.4 Å². The van der Waals surface area contributed by atoms with E-state index in [0.29, 0.717) is 11.6 Å². The van der Waals surface area contributed by atoms with Crippen LogP contribution in [-0.2, 0) is 4.79 Å². The van der Waals surface area contributed by atoms with Crippen LogP contribution in [-0.4, -0.2) is 20.9 Å². The van der Waals surface area contributed by atoms with Crippen LogP contribution in [0.15, 0.2) is 48.8 Å². The molecule has 0 fully saturated rings. The Morgan fingerprint density at radius 1 is 1.12 bits per heavy atom. The van der Waals surface area contributed by atoms with Crippen LogP contribution in [0, 0.1) is 20.8 Å². The molecule has 0 saturated heterocycles. The Morgan fingerprint density at radius 3 is 2.56 bits per heavy atom. The van der Waals surface area contributed by atoms with E-state index < -0.39 is 0 Å². The van der Waals surface area contributed by atoms with Gasteiger partial charge >= 0.3 is 0 Å². The molecule has 0 radical (unpaired) electrons. The number of nitrogens with one attached hydrogen (secondary N) is 2. The number of H-pyrrole nitrogens is 1. The standard InChI is InChI=1S/C20H20N4O/c1-13-10-14(2)16(15(3)11-13)7-8-19(25)24-20-22-12-18(23-20)17-6-4-5-9-21-17/h4-12H,1-3H3,(H2,22,23,24,25). The van der Waals surface area contributed by atoms with Crippen LogP contribution < -0.4 is 5.32 Å². The van der Waals surface area contributed by atoms with Crippen molar-refractivity contribution in [3.63, 3.8) is 0 Å². The lowest BCUT2D eigenvalue weighted by Gasteiger charge is -2.06. The van der Waals surface area contributed by atoms with Gasteiger partial charge in [0.05, 0.1) is 5.69 Å². The summed E-state index contributed by atoms with van der Waals surface area (Å²) in [7, 11) is 0. The highest BCUT2D eigenvalue weighted by atomic mass is 16.1. The Morgan fingerprint density at radius 2 is 1.88 bits per heavy atom. The molecule has 3 rings (SSSR count). The maximum absolute atomic E-state index is 12.1. The highest BCUT2D eigenvalue weighted by Gasteiger charge is 2.07. The van der Waals surface area contributed by atoms with Crippen LogP contribution in [0.5, 0.6) is 0 Å². The normalized spacial score (nSPS) is 11.0. The fraction of sp³-hybridized carbons (Fsp3) is 0.150. The topological polar surface area (TPSA) is 70.7 Å². The molecule has 25 heavy (non-hydrogen) atoms. The summed E-state index contributed by atoms with van der Waals surface area (Å²) in [5.74, 6) is 0.161. The first-order valence-corrected chi connectivity index (χ1v) is 8.06. The van der Waals surface area contributed by atoms with Crippen molar-refractivity contribution in [1.82, 2.24) is 15.0 Å². The molecule has 5 nitrogen and oxygen atoms in total. The molecule has 0 saturated carbocycles. The van der Waals surface area contributed by atoms with Crippen molar-refractivity contribution in [2.24, 2.45) is 0 Å². The van der Waals surface area contributed by atoms with Gasteiger partial charge in [-0.25, -0.2) is 4.98 Å². The number of hydrogen-bond donors (Lipinski definition) is 2. The highest BCUT2D eigenvalue weighted by molar-refractivity contribution is 6.01. The van der Waals surface area contributed by atoms with E-state index >= 15 is 0 Å². The minimum Gasteiger partial charge on any atom is -0.330 e. The quantitative estimate of drug-likeness (QED) is 0.708. The van der Waals surface area contributed by atoms with E-state index in [1.54, 1.807) is 12.4 Å². The monoisotopic (exact) mass is 332 g/mol. The number of benzene rings is 1. The lowest BCUT2D eigenvalue weighted by Crippen LogP contribution is -2.09. The number of rotatable bonds is 4. The molecule has 0 unspecified atom stereocenters. The number of aryl methyl sites for hydroxylation is 3. The van der Waals surface area contributed by atoms with Gasteiger partial charge in [-0.1, -0.05) is 23.8 Å². The summed E-state index contributed by atoms with van der Waals surface area (Å²) in [4.78, 5) is 23.7. The smallest absolute Gasteiger partial charge is 0.250 e. The number of imidazole rings is 1. The van der Waals surface area contributed by atoms with Crippen molar-refractivity contribution in [2.45, 2.75) is 20.8 Å². The molecular formula is C20H20N4O. The van der Waals surface area contributed by atoms with Crippen molar-refractivity contribution in [1.29, 1.82) is 0 Å². The second-order valence-electron chi connectivity index (χ2n) is 5.98. The Hall–Kier alpha value is -3.21. The zero-order valence-electron chi connectivity index (χ0n) is 14.5. The Kier molecular flexibility index (Phi) is 4.75. The van der Waals surface area contributed by atoms with Crippen molar-refractivity contribution in [2.75, 3.05) is 5.32 Å². The van der Waals surface area contributed by atoms with Gasteiger partial charge in [0, 0.05) is 18.5 Å². The van der Waals surface area contributed by atoms with Gasteiger partial charge < -0.3 is 4.98 Å². The number of aromatic nitrogens is 3. The summed E-state index contributed by atoms with van der Waals surface area (Å²) in [6.45, 7) is 6.16. The van der Waals surface area contributed by atoms with Gasteiger partial charge in [0.25, 0.3) is 5.91 Å². The van der Waals surface area contributed by atoms with E-state index in [-0.39, 0.29) is 5.91 Å². The first kappa shape index (κ1) is 16.6. The second kappa shape index (κ2) is 7.13. The summed E-state index contributed by atoms with van der Waals surface area (Å²) in [6.07, 6.45) is 6.78. The van der Waals surface area contributed by atoms with Crippen LogP contribution in [0.3, 0.4) is 0 Å². The largest absolute Gasteiger partial charge is 0.330 e. The van der Waals surface area contributed by atoms with Crippen LogP contribution in [0.2, 0.25) is 0 Å². The van der Waals surface area contributed by atoms with E-state index in [1.807, 2.05) is 38.1 Å². The van der Waals surface area contributed by atoms with Gasteiger partial charge in [0.15, 0.2) is 0 Å². The first-order valence-electron chi connectivity index (χ1n) is 8.06. The minimum absolute atomic E-state index is 0.235. The SMILES string of the molecule is Cc1cc(C)c(C=CC(=O)Nc2nc(-c3ccccn3)c[nH]2)c(C)c1. The summed E-state index contributed by atoms with van der Waals surface area (Å²) >= 11 is 0. The average Bonchev–Trinajstić information content (AvgIpc) is 3.03. The third kappa shape index (κ3) is 4.01. The van der Waals surface area contributed by atoms with Crippen molar-refractivity contribution < 1.29 is 4.79 Å². The van der Waals surface area contributed by atoms with Crippen molar-refractivity contribution >= 4 is 17.9 Å². The summed E-state index contributed by atoms with van der Waals surface area (Å²) in [6, 6.07) is 9.82. The van der Waals surface area contributed by atoms with E-state index in [9.17, 15) is 4.79 Å². The maximum Gasteiger partial charge on any atom is 0.250 e.